The van der Waals surface area contributed by atoms with Crippen LogP contribution >= 0.6 is 22.6 Å². The van der Waals surface area contributed by atoms with E-state index in [9.17, 15) is 4.39 Å². The highest BCUT2D eigenvalue weighted by Crippen LogP contribution is 2.23. The molecule has 21 heavy (non-hydrogen) atoms. The highest BCUT2D eigenvalue weighted by molar-refractivity contribution is 14.1. The maximum atomic E-state index is 13.1. The van der Waals surface area contributed by atoms with Crippen LogP contribution in [0.15, 0.2) is 48.5 Å². The van der Waals surface area contributed by atoms with Crippen molar-refractivity contribution in [1.82, 2.24) is 4.90 Å². The minimum atomic E-state index is -0.179. The van der Waals surface area contributed by atoms with Crippen LogP contribution in [-0.2, 0) is 6.54 Å². The van der Waals surface area contributed by atoms with Crippen LogP contribution in [0.4, 0.5) is 10.1 Å². The summed E-state index contributed by atoms with van der Waals surface area (Å²) in [6.45, 7) is 3.13. The zero-order valence-corrected chi connectivity index (χ0v) is 13.9. The molecule has 1 unspecified atom stereocenters. The van der Waals surface area contributed by atoms with Gasteiger partial charge in [-0.15, -0.1) is 0 Å². The van der Waals surface area contributed by atoms with E-state index < -0.39 is 0 Å². The van der Waals surface area contributed by atoms with E-state index in [4.69, 9.17) is 0 Å². The molecule has 2 aromatic carbocycles. The van der Waals surface area contributed by atoms with E-state index in [2.05, 4.69) is 57.1 Å². The molecule has 0 spiro atoms. The number of benzene rings is 2. The van der Waals surface area contributed by atoms with Crippen LogP contribution in [-0.4, -0.2) is 24.0 Å². The summed E-state index contributed by atoms with van der Waals surface area (Å²) < 4.78 is 14.1. The molecule has 4 heteroatoms. The molecule has 1 aliphatic heterocycles. The van der Waals surface area contributed by atoms with Gasteiger partial charge in [0.15, 0.2) is 0 Å². The van der Waals surface area contributed by atoms with Gasteiger partial charge in [-0.05, 0) is 52.8 Å². The molecular formula is C17H18FIN2. The molecule has 1 fully saturated rings. The molecule has 110 valence electrons. The predicted octanol–water partition coefficient (Wildman–Crippen LogP) is 4.12. The summed E-state index contributed by atoms with van der Waals surface area (Å²) in [6.07, 6.45) is 1.13. The van der Waals surface area contributed by atoms with Gasteiger partial charge in [0.1, 0.15) is 5.82 Å². The summed E-state index contributed by atoms with van der Waals surface area (Å²) in [5, 5.41) is 3.54. The first-order valence-corrected chi connectivity index (χ1v) is 8.26. The molecule has 1 saturated heterocycles. The molecule has 0 radical (unpaired) electrons. The van der Waals surface area contributed by atoms with Gasteiger partial charge in [0, 0.05) is 34.9 Å². The number of hydrogen-bond donors (Lipinski definition) is 1. The highest BCUT2D eigenvalue weighted by Gasteiger charge is 2.22. The zero-order valence-electron chi connectivity index (χ0n) is 11.7. The zero-order chi connectivity index (χ0) is 14.7. The summed E-state index contributed by atoms with van der Waals surface area (Å²) >= 11 is 2.18. The number of likely N-dealkylation sites (tertiary alicyclic amines) is 1. The molecule has 0 aromatic heterocycles. The van der Waals surface area contributed by atoms with Crippen LogP contribution in [0, 0.1) is 9.39 Å². The van der Waals surface area contributed by atoms with Gasteiger partial charge in [-0.3, -0.25) is 4.90 Å². The Morgan fingerprint density at radius 1 is 1.19 bits per heavy atom. The Labute approximate surface area is 138 Å². The molecule has 1 heterocycles. The van der Waals surface area contributed by atoms with Crippen molar-refractivity contribution in [2.24, 2.45) is 0 Å². The Morgan fingerprint density at radius 3 is 2.76 bits per heavy atom. The van der Waals surface area contributed by atoms with E-state index >= 15 is 0 Å². The van der Waals surface area contributed by atoms with Gasteiger partial charge in [0.25, 0.3) is 0 Å². The van der Waals surface area contributed by atoms with Crippen LogP contribution in [0.5, 0.6) is 0 Å². The average molecular weight is 396 g/mol. The lowest BCUT2D eigenvalue weighted by Crippen LogP contribution is -2.26. The Balaban J connectivity index is 1.57. The largest absolute Gasteiger partial charge is 0.380 e. The Kier molecular flexibility index (Phi) is 4.75. The van der Waals surface area contributed by atoms with Crippen molar-refractivity contribution in [3.05, 3.63) is 63.5 Å². The van der Waals surface area contributed by atoms with Crippen molar-refractivity contribution >= 4 is 28.3 Å². The van der Waals surface area contributed by atoms with Gasteiger partial charge >= 0.3 is 0 Å². The first-order valence-electron chi connectivity index (χ1n) is 7.18. The van der Waals surface area contributed by atoms with Crippen molar-refractivity contribution in [2.45, 2.75) is 19.0 Å². The van der Waals surface area contributed by atoms with Crippen molar-refractivity contribution in [3.8, 4) is 0 Å². The maximum Gasteiger partial charge on any atom is 0.124 e. The number of nitrogens with zero attached hydrogens (tertiary/aromatic N) is 1. The van der Waals surface area contributed by atoms with Crippen LogP contribution in [0.3, 0.4) is 0 Å². The van der Waals surface area contributed by atoms with E-state index in [0.29, 0.717) is 6.04 Å². The topological polar surface area (TPSA) is 15.3 Å². The minimum absolute atomic E-state index is 0.179. The third-order valence-corrected chi connectivity index (χ3v) is 4.70. The molecule has 0 bridgehead atoms. The molecule has 3 rings (SSSR count). The molecule has 0 amide bonds. The average Bonchev–Trinajstić information content (AvgIpc) is 2.90. The maximum absolute atomic E-state index is 13.1. The van der Waals surface area contributed by atoms with Crippen LogP contribution in [0.2, 0.25) is 0 Å². The summed E-state index contributed by atoms with van der Waals surface area (Å²) in [5.74, 6) is -0.179. The summed E-state index contributed by atoms with van der Waals surface area (Å²) in [4.78, 5) is 2.46. The fourth-order valence-electron chi connectivity index (χ4n) is 2.76. The standard InChI is InChI=1S/C17H18FIN2/c18-14-6-7-17(16(19)10-14)20-15-8-9-21(12-15)11-13-4-2-1-3-5-13/h1-7,10,15,20H,8-9,11-12H2. The Bertz CT molecular complexity index is 603. The van der Waals surface area contributed by atoms with E-state index in [1.807, 2.05) is 12.1 Å². The van der Waals surface area contributed by atoms with Gasteiger partial charge in [-0.25, -0.2) is 4.39 Å². The Morgan fingerprint density at radius 2 is 2.00 bits per heavy atom. The van der Waals surface area contributed by atoms with E-state index in [-0.39, 0.29) is 5.82 Å². The predicted molar refractivity (Wildman–Crippen MR) is 92.9 cm³/mol. The fraction of sp³-hybridized carbons (Fsp3) is 0.294. The van der Waals surface area contributed by atoms with Crippen molar-refractivity contribution in [3.63, 3.8) is 0 Å². The van der Waals surface area contributed by atoms with Gasteiger partial charge in [-0.2, -0.15) is 0 Å². The van der Waals surface area contributed by atoms with E-state index in [0.717, 1.165) is 35.3 Å². The number of nitrogens with one attached hydrogen (secondary N) is 1. The smallest absolute Gasteiger partial charge is 0.124 e. The molecule has 1 N–H and O–H groups in total. The lowest BCUT2D eigenvalue weighted by molar-refractivity contribution is 0.328. The van der Waals surface area contributed by atoms with Crippen molar-refractivity contribution < 1.29 is 4.39 Å². The molecule has 2 aromatic rings. The number of rotatable bonds is 4. The first-order chi connectivity index (χ1) is 10.2. The summed E-state index contributed by atoms with van der Waals surface area (Å²) in [6, 6.07) is 15.9. The van der Waals surface area contributed by atoms with E-state index in [1.54, 1.807) is 6.07 Å². The molecule has 0 aliphatic carbocycles. The first kappa shape index (κ1) is 14.8. The second-order valence-corrected chi connectivity index (χ2v) is 6.64. The third-order valence-electron chi connectivity index (χ3n) is 3.81. The highest BCUT2D eigenvalue weighted by atomic mass is 127. The normalized spacial score (nSPS) is 18.9. The molecule has 1 aliphatic rings. The van der Waals surface area contributed by atoms with Crippen LogP contribution < -0.4 is 5.32 Å². The number of halogens is 2. The quantitative estimate of drug-likeness (QED) is 0.783. The molecule has 0 saturated carbocycles. The second-order valence-electron chi connectivity index (χ2n) is 5.47. The van der Waals surface area contributed by atoms with Crippen LogP contribution in [0.25, 0.3) is 0 Å². The molecule has 2 nitrogen and oxygen atoms in total. The third kappa shape index (κ3) is 3.95. The SMILES string of the molecule is Fc1ccc(NC2CCN(Cc3ccccc3)C2)c(I)c1. The number of hydrogen-bond acceptors (Lipinski definition) is 2. The van der Waals surface area contributed by atoms with Gasteiger partial charge in [0.2, 0.25) is 0 Å². The van der Waals surface area contributed by atoms with Gasteiger partial charge < -0.3 is 5.32 Å². The Hall–Kier alpha value is -1.14. The number of anilines is 1. The van der Waals surface area contributed by atoms with Crippen LogP contribution in [0.1, 0.15) is 12.0 Å². The molecule has 1 atom stereocenters. The van der Waals surface area contributed by atoms with E-state index in [1.165, 1.54) is 11.6 Å². The van der Waals surface area contributed by atoms with Crippen molar-refractivity contribution in [1.29, 1.82) is 0 Å². The fourth-order valence-corrected chi connectivity index (χ4v) is 3.40. The monoisotopic (exact) mass is 396 g/mol. The second kappa shape index (κ2) is 6.75. The van der Waals surface area contributed by atoms with Crippen molar-refractivity contribution in [2.75, 3.05) is 18.4 Å². The minimum Gasteiger partial charge on any atom is -0.380 e. The van der Waals surface area contributed by atoms with Gasteiger partial charge in [0.05, 0.1) is 0 Å². The summed E-state index contributed by atoms with van der Waals surface area (Å²) in [5.41, 5.74) is 2.39. The lowest BCUT2D eigenvalue weighted by atomic mass is 10.2. The lowest BCUT2D eigenvalue weighted by Gasteiger charge is -2.18. The van der Waals surface area contributed by atoms with Gasteiger partial charge in [-0.1, -0.05) is 30.3 Å². The molecular weight excluding hydrogens is 378 g/mol. The summed E-state index contributed by atoms with van der Waals surface area (Å²) in [7, 11) is 0.